The Kier molecular flexibility index (Phi) is 7.13. The van der Waals surface area contributed by atoms with Gasteiger partial charge in [0.2, 0.25) is 0 Å². The van der Waals surface area contributed by atoms with Gasteiger partial charge < -0.3 is 20.1 Å². The molecule has 0 unspecified atom stereocenters. The minimum absolute atomic E-state index is 0.0673. The number of rotatable bonds is 10. The third-order valence-corrected chi connectivity index (χ3v) is 5.32. The molecule has 0 saturated carbocycles. The number of fused-ring (bicyclic) bond motifs is 1. The Hall–Kier alpha value is -3.54. The summed E-state index contributed by atoms with van der Waals surface area (Å²) >= 11 is 0. The Bertz CT molecular complexity index is 1090. The monoisotopic (exact) mass is 422 g/mol. The number of carboxylic acid groups (broad SMARTS) is 1. The first kappa shape index (κ1) is 22.2. The van der Waals surface area contributed by atoms with Crippen LogP contribution in [0, 0.1) is 0 Å². The standard InChI is InChI=1S/C25H26O6/c1-16(25(29)30)17-6-7-19-14-21(10-8-18(19)13-17)31-12-4-2-3-5-22(26)20-9-11-23(27)24(28)15-20/h6-11,13-16,27-28H,2-5,12H2,1H3,(H,29,30)/t16-/m0/s1. The van der Waals surface area contributed by atoms with Gasteiger partial charge in [-0.05, 0) is 72.9 Å². The van der Waals surface area contributed by atoms with Gasteiger partial charge in [0, 0.05) is 12.0 Å². The average molecular weight is 422 g/mol. The molecule has 3 aromatic rings. The molecule has 0 saturated heterocycles. The van der Waals surface area contributed by atoms with Gasteiger partial charge in [0.1, 0.15) is 5.75 Å². The molecule has 0 bridgehead atoms. The summed E-state index contributed by atoms with van der Waals surface area (Å²) in [6.45, 7) is 2.21. The van der Waals surface area contributed by atoms with Gasteiger partial charge >= 0.3 is 5.97 Å². The topological polar surface area (TPSA) is 104 Å². The van der Waals surface area contributed by atoms with Crippen LogP contribution >= 0.6 is 0 Å². The van der Waals surface area contributed by atoms with Crippen molar-refractivity contribution in [2.24, 2.45) is 0 Å². The lowest BCUT2D eigenvalue weighted by Gasteiger charge is -2.10. The summed E-state index contributed by atoms with van der Waals surface area (Å²) in [5.74, 6) is -1.24. The van der Waals surface area contributed by atoms with Gasteiger partial charge in [-0.2, -0.15) is 0 Å². The lowest BCUT2D eigenvalue weighted by atomic mass is 9.98. The Morgan fingerprint density at radius 3 is 2.35 bits per heavy atom. The number of ether oxygens (including phenoxy) is 1. The maximum atomic E-state index is 12.1. The van der Waals surface area contributed by atoms with Crippen molar-refractivity contribution in [1.82, 2.24) is 0 Å². The second kappa shape index (κ2) is 9.98. The zero-order chi connectivity index (χ0) is 22.4. The molecule has 0 spiro atoms. The fraction of sp³-hybridized carbons (Fsp3) is 0.280. The Labute approximate surface area is 180 Å². The van der Waals surface area contributed by atoms with Crippen LogP contribution in [0.15, 0.2) is 54.6 Å². The molecule has 0 aliphatic carbocycles. The molecule has 31 heavy (non-hydrogen) atoms. The van der Waals surface area contributed by atoms with E-state index in [0.29, 0.717) is 25.0 Å². The summed E-state index contributed by atoms with van der Waals surface area (Å²) in [7, 11) is 0. The Morgan fingerprint density at radius 1 is 0.871 bits per heavy atom. The summed E-state index contributed by atoms with van der Waals surface area (Å²) < 4.78 is 5.81. The van der Waals surface area contributed by atoms with Crippen molar-refractivity contribution in [3.8, 4) is 17.2 Å². The molecule has 0 heterocycles. The molecular formula is C25H26O6. The second-order valence-corrected chi connectivity index (χ2v) is 7.61. The first-order valence-electron chi connectivity index (χ1n) is 10.3. The predicted molar refractivity (Wildman–Crippen MR) is 118 cm³/mol. The minimum Gasteiger partial charge on any atom is -0.504 e. The maximum absolute atomic E-state index is 12.1. The molecule has 0 aliphatic rings. The highest BCUT2D eigenvalue weighted by molar-refractivity contribution is 5.96. The van der Waals surface area contributed by atoms with Crippen LogP contribution in [0.1, 0.15) is 54.4 Å². The lowest BCUT2D eigenvalue weighted by molar-refractivity contribution is -0.138. The molecule has 0 amide bonds. The van der Waals surface area contributed by atoms with Crippen LogP contribution in [0.4, 0.5) is 0 Å². The van der Waals surface area contributed by atoms with E-state index < -0.39 is 11.9 Å². The van der Waals surface area contributed by atoms with Crippen molar-refractivity contribution < 1.29 is 29.6 Å². The summed E-state index contributed by atoms with van der Waals surface area (Å²) in [4.78, 5) is 23.3. The molecule has 6 nitrogen and oxygen atoms in total. The molecule has 0 fully saturated rings. The Balaban J connectivity index is 1.44. The number of hydrogen-bond acceptors (Lipinski definition) is 5. The third-order valence-electron chi connectivity index (χ3n) is 5.32. The smallest absolute Gasteiger partial charge is 0.310 e. The van der Waals surface area contributed by atoms with Gasteiger partial charge in [0.15, 0.2) is 17.3 Å². The van der Waals surface area contributed by atoms with E-state index in [9.17, 15) is 19.8 Å². The molecule has 3 N–H and O–H groups in total. The lowest BCUT2D eigenvalue weighted by Crippen LogP contribution is -2.07. The number of carboxylic acids is 1. The van der Waals surface area contributed by atoms with Crippen LogP contribution in [0.2, 0.25) is 0 Å². The number of aliphatic carboxylic acids is 1. The van der Waals surface area contributed by atoms with Crippen LogP contribution < -0.4 is 4.74 Å². The maximum Gasteiger partial charge on any atom is 0.310 e. The van der Waals surface area contributed by atoms with E-state index in [1.165, 1.54) is 18.2 Å². The minimum atomic E-state index is -0.845. The van der Waals surface area contributed by atoms with E-state index in [4.69, 9.17) is 9.84 Å². The zero-order valence-corrected chi connectivity index (χ0v) is 17.4. The van der Waals surface area contributed by atoms with Crippen LogP contribution in [-0.2, 0) is 4.79 Å². The molecule has 162 valence electrons. The SMILES string of the molecule is C[C@H](C(=O)O)c1ccc2cc(OCCCCCC(=O)c3ccc(O)c(O)c3)ccc2c1. The van der Waals surface area contributed by atoms with E-state index in [-0.39, 0.29) is 17.3 Å². The summed E-state index contributed by atoms with van der Waals surface area (Å²) in [5.41, 5.74) is 1.16. The fourth-order valence-corrected chi connectivity index (χ4v) is 3.34. The first-order chi connectivity index (χ1) is 14.8. The summed E-state index contributed by atoms with van der Waals surface area (Å²) in [6.07, 6.45) is 2.73. The number of benzene rings is 3. The number of unbranched alkanes of at least 4 members (excludes halogenated alkanes) is 2. The van der Waals surface area contributed by atoms with Crippen molar-refractivity contribution in [1.29, 1.82) is 0 Å². The summed E-state index contributed by atoms with van der Waals surface area (Å²) in [6, 6.07) is 15.5. The molecule has 3 aromatic carbocycles. The van der Waals surface area contributed by atoms with Crippen LogP contribution in [0.3, 0.4) is 0 Å². The van der Waals surface area contributed by atoms with Gasteiger partial charge in [-0.3, -0.25) is 9.59 Å². The highest BCUT2D eigenvalue weighted by Gasteiger charge is 2.14. The normalized spacial score (nSPS) is 11.9. The highest BCUT2D eigenvalue weighted by atomic mass is 16.5. The number of aromatic hydroxyl groups is 2. The van der Waals surface area contributed by atoms with Crippen molar-refractivity contribution in [2.45, 2.75) is 38.5 Å². The van der Waals surface area contributed by atoms with Gasteiger partial charge in [0.05, 0.1) is 12.5 Å². The van der Waals surface area contributed by atoms with Crippen LogP contribution in [0.25, 0.3) is 10.8 Å². The molecule has 0 aliphatic heterocycles. The number of ketones is 1. The second-order valence-electron chi connectivity index (χ2n) is 7.61. The molecular weight excluding hydrogens is 396 g/mol. The van der Waals surface area contributed by atoms with E-state index in [2.05, 4.69) is 0 Å². The molecule has 0 radical (unpaired) electrons. The van der Waals surface area contributed by atoms with E-state index >= 15 is 0 Å². The number of hydrogen-bond donors (Lipinski definition) is 3. The van der Waals surface area contributed by atoms with Crippen molar-refractivity contribution in [2.75, 3.05) is 6.61 Å². The zero-order valence-electron chi connectivity index (χ0n) is 17.4. The van der Waals surface area contributed by atoms with E-state index in [1.54, 1.807) is 6.92 Å². The summed E-state index contributed by atoms with van der Waals surface area (Å²) in [5, 5.41) is 29.9. The van der Waals surface area contributed by atoms with Gasteiger partial charge in [0.25, 0.3) is 0 Å². The largest absolute Gasteiger partial charge is 0.504 e. The number of carbonyl (C=O) groups is 2. The van der Waals surface area contributed by atoms with E-state index in [0.717, 1.165) is 34.9 Å². The molecule has 0 aromatic heterocycles. The van der Waals surface area contributed by atoms with Gasteiger partial charge in [-0.15, -0.1) is 0 Å². The van der Waals surface area contributed by atoms with Gasteiger partial charge in [-0.1, -0.05) is 24.3 Å². The van der Waals surface area contributed by atoms with Gasteiger partial charge in [-0.25, -0.2) is 0 Å². The molecule has 3 rings (SSSR count). The number of Topliss-reactive ketones (excluding diaryl/α,β-unsaturated/α-hetero) is 1. The van der Waals surface area contributed by atoms with E-state index in [1.807, 2.05) is 36.4 Å². The van der Waals surface area contributed by atoms with Crippen LogP contribution in [0.5, 0.6) is 17.2 Å². The average Bonchev–Trinajstić information content (AvgIpc) is 2.76. The number of phenols is 2. The number of carbonyl (C=O) groups excluding carboxylic acids is 1. The Morgan fingerprint density at radius 2 is 1.61 bits per heavy atom. The fourth-order valence-electron chi connectivity index (χ4n) is 3.34. The van der Waals surface area contributed by atoms with Crippen LogP contribution in [-0.4, -0.2) is 33.7 Å². The molecule has 6 heteroatoms. The quantitative estimate of drug-likeness (QED) is 0.234. The highest BCUT2D eigenvalue weighted by Crippen LogP contribution is 2.27. The number of phenolic OH excluding ortho intramolecular Hbond substituents is 2. The van der Waals surface area contributed by atoms with Crippen molar-refractivity contribution >= 4 is 22.5 Å². The predicted octanol–water partition coefficient (Wildman–Crippen LogP) is 5.26. The van der Waals surface area contributed by atoms with Crippen molar-refractivity contribution in [3.63, 3.8) is 0 Å². The third kappa shape index (κ3) is 5.75. The molecule has 1 atom stereocenters. The van der Waals surface area contributed by atoms with Crippen molar-refractivity contribution in [3.05, 3.63) is 65.7 Å². The first-order valence-corrected chi connectivity index (χ1v) is 10.3.